The van der Waals surface area contributed by atoms with E-state index in [2.05, 4.69) is 0 Å². The number of thiazole rings is 1. The number of aromatic nitrogens is 1. The fourth-order valence-corrected chi connectivity index (χ4v) is 5.96. The zero-order valence-corrected chi connectivity index (χ0v) is 20.4. The number of hydrogen-bond acceptors (Lipinski definition) is 6. The molecule has 1 aromatic heterocycles. The van der Waals surface area contributed by atoms with Crippen LogP contribution in [0.15, 0.2) is 41.3 Å². The van der Waals surface area contributed by atoms with Gasteiger partial charge >= 0.3 is 0 Å². The molecule has 1 aliphatic rings. The van der Waals surface area contributed by atoms with E-state index in [1.807, 2.05) is 19.1 Å². The summed E-state index contributed by atoms with van der Waals surface area (Å²) in [6.07, 6.45) is 1.77. The molecule has 170 valence electrons. The molecule has 0 spiro atoms. The lowest BCUT2D eigenvalue weighted by atomic mass is 10.2. The molecule has 4 rings (SSSR count). The van der Waals surface area contributed by atoms with Gasteiger partial charge in [0.05, 0.1) is 27.8 Å². The van der Waals surface area contributed by atoms with E-state index in [1.54, 1.807) is 4.90 Å². The number of anilines is 1. The third kappa shape index (κ3) is 4.53. The van der Waals surface area contributed by atoms with Gasteiger partial charge in [-0.1, -0.05) is 22.9 Å². The van der Waals surface area contributed by atoms with Gasteiger partial charge in [0.1, 0.15) is 0 Å². The van der Waals surface area contributed by atoms with Crippen LogP contribution in [0.5, 0.6) is 0 Å². The smallest absolute Gasteiger partial charge is 0.260 e. The molecule has 2 aromatic carbocycles. The van der Waals surface area contributed by atoms with Crippen molar-refractivity contribution in [1.29, 1.82) is 0 Å². The Labute approximate surface area is 196 Å². The van der Waals surface area contributed by atoms with Crippen molar-refractivity contribution < 1.29 is 17.9 Å². The van der Waals surface area contributed by atoms with Crippen LogP contribution in [0.4, 0.5) is 5.13 Å². The second kappa shape index (κ2) is 9.07. The molecule has 1 aliphatic heterocycles. The summed E-state index contributed by atoms with van der Waals surface area (Å²) in [4.78, 5) is 20.0. The molecule has 1 saturated heterocycles. The first kappa shape index (κ1) is 23.1. The minimum atomic E-state index is -3.57. The van der Waals surface area contributed by atoms with Crippen molar-refractivity contribution >= 4 is 54.2 Å². The van der Waals surface area contributed by atoms with E-state index in [0.29, 0.717) is 28.9 Å². The van der Waals surface area contributed by atoms with E-state index in [0.717, 1.165) is 32.9 Å². The monoisotopic (exact) mass is 493 g/mol. The van der Waals surface area contributed by atoms with Crippen LogP contribution < -0.4 is 4.90 Å². The number of fused-ring (bicyclic) bond motifs is 1. The van der Waals surface area contributed by atoms with Gasteiger partial charge in [-0.15, -0.1) is 0 Å². The molecule has 10 heteroatoms. The first-order valence-electron chi connectivity index (χ1n) is 10.2. The van der Waals surface area contributed by atoms with Gasteiger partial charge in [0.2, 0.25) is 10.0 Å². The van der Waals surface area contributed by atoms with E-state index in [1.165, 1.54) is 49.7 Å². The Kier molecular flexibility index (Phi) is 6.56. The maximum Gasteiger partial charge on any atom is 0.260 e. The normalized spacial score (nSPS) is 16.7. The van der Waals surface area contributed by atoms with Crippen LogP contribution in [0.25, 0.3) is 10.2 Å². The molecule has 0 saturated carbocycles. The minimum Gasteiger partial charge on any atom is -0.376 e. The summed E-state index contributed by atoms with van der Waals surface area (Å²) in [6, 6.07) is 9.68. The average Bonchev–Trinajstić information content (AvgIpc) is 3.41. The van der Waals surface area contributed by atoms with Crippen LogP contribution in [0.1, 0.15) is 28.8 Å². The molecule has 1 unspecified atom stereocenters. The Morgan fingerprint density at radius 3 is 2.59 bits per heavy atom. The molecule has 3 aromatic rings. The van der Waals surface area contributed by atoms with E-state index in [9.17, 15) is 13.2 Å². The highest BCUT2D eigenvalue weighted by Gasteiger charge is 2.28. The lowest BCUT2D eigenvalue weighted by Gasteiger charge is -2.23. The molecule has 1 fully saturated rings. The van der Waals surface area contributed by atoms with Crippen molar-refractivity contribution in [3.8, 4) is 0 Å². The van der Waals surface area contributed by atoms with Gasteiger partial charge in [0.25, 0.3) is 5.91 Å². The second-order valence-electron chi connectivity index (χ2n) is 7.93. The van der Waals surface area contributed by atoms with Crippen LogP contribution in [0.3, 0.4) is 0 Å². The van der Waals surface area contributed by atoms with Crippen LogP contribution >= 0.6 is 22.9 Å². The Morgan fingerprint density at radius 1 is 1.25 bits per heavy atom. The van der Waals surface area contributed by atoms with E-state index in [4.69, 9.17) is 21.3 Å². The fourth-order valence-electron chi connectivity index (χ4n) is 3.63. The lowest BCUT2D eigenvalue weighted by molar-refractivity contribution is 0.0917. The molecule has 0 N–H and O–H groups in total. The predicted molar refractivity (Wildman–Crippen MR) is 127 cm³/mol. The highest BCUT2D eigenvalue weighted by molar-refractivity contribution is 7.89. The third-order valence-electron chi connectivity index (χ3n) is 5.41. The Balaban J connectivity index is 1.70. The summed E-state index contributed by atoms with van der Waals surface area (Å²) in [5.41, 5.74) is 2.14. The maximum absolute atomic E-state index is 13.5. The van der Waals surface area contributed by atoms with Gasteiger partial charge < -0.3 is 4.74 Å². The zero-order chi connectivity index (χ0) is 23.0. The Bertz CT molecular complexity index is 1250. The second-order valence-corrected chi connectivity index (χ2v) is 11.5. The number of sulfonamides is 1. The van der Waals surface area contributed by atoms with Gasteiger partial charge in [0.15, 0.2) is 5.13 Å². The quantitative estimate of drug-likeness (QED) is 0.510. The van der Waals surface area contributed by atoms with Crippen molar-refractivity contribution in [3.05, 3.63) is 52.5 Å². The van der Waals surface area contributed by atoms with E-state index < -0.39 is 10.0 Å². The van der Waals surface area contributed by atoms with Crippen LogP contribution in [-0.2, 0) is 14.8 Å². The number of rotatable bonds is 6. The number of hydrogen-bond donors (Lipinski definition) is 0. The van der Waals surface area contributed by atoms with Crippen LogP contribution in [0.2, 0.25) is 5.02 Å². The van der Waals surface area contributed by atoms with E-state index in [-0.39, 0.29) is 16.9 Å². The molecule has 0 bridgehead atoms. The summed E-state index contributed by atoms with van der Waals surface area (Å²) in [6.45, 7) is 3.00. The highest BCUT2D eigenvalue weighted by Crippen LogP contribution is 2.34. The Morgan fingerprint density at radius 2 is 1.97 bits per heavy atom. The maximum atomic E-state index is 13.5. The number of ether oxygens (including phenoxy) is 1. The topological polar surface area (TPSA) is 79.8 Å². The molecule has 7 nitrogen and oxygen atoms in total. The van der Waals surface area contributed by atoms with Crippen molar-refractivity contribution in [1.82, 2.24) is 9.29 Å². The SMILES string of the molecule is Cc1cc(Cl)cc2sc(N(CC3CCCO3)C(=O)c3ccc(S(=O)(=O)N(C)C)cc3)nc12. The van der Waals surface area contributed by atoms with E-state index >= 15 is 0 Å². The lowest BCUT2D eigenvalue weighted by Crippen LogP contribution is -2.37. The summed E-state index contributed by atoms with van der Waals surface area (Å²) in [5, 5.41) is 1.19. The Hall–Kier alpha value is -2.04. The van der Waals surface area contributed by atoms with Crippen molar-refractivity contribution in [3.63, 3.8) is 0 Å². The molecule has 0 aliphatic carbocycles. The van der Waals surface area contributed by atoms with Crippen molar-refractivity contribution in [2.45, 2.75) is 30.8 Å². The number of aryl methyl sites for hydroxylation is 1. The standard InChI is InChI=1S/C22H24ClN3O4S2/c1-14-11-16(23)12-19-20(14)24-22(31-19)26(13-17-5-4-10-30-17)21(27)15-6-8-18(9-7-15)32(28,29)25(2)3/h6-9,11-12,17H,4-5,10,13H2,1-3H3. The first-order valence-corrected chi connectivity index (χ1v) is 12.8. The summed E-state index contributed by atoms with van der Waals surface area (Å²) < 4.78 is 32.5. The summed E-state index contributed by atoms with van der Waals surface area (Å²) in [7, 11) is -0.628. The number of benzene rings is 2. The van der Waals surface area contributed by atoms with Crippen molar-refractivity contribution in [2.24, 2.45) is 0 Å². The molecule has 2 heterocycles. The van der Waals surface area contributed by atoms with Gasteiger partial charge in [-0.05, 0) is 61.7 Å². The van der Waals surface area contributed by atoms with Gasteiger partial charge in [-0.25, -0.2) is 17.7 Å². The first-order chi connectivity index (χ1) is 15.2. The number of nitrogens with zero attached hydrogens (tertiary/aromatic N) is 3. The fraction of sp³-hybridized carbons (Fsp3) is 0.364. The van der Waals surface area contributed by atoms with Crippen LogP contribution in [0, 0.1) is 6.92 Å². The molecule has 32 heavy (non-hydrogen) atoms. The highest BCUT2D eigenvalue weighted by atomic mass is 35.5. The van der Waals surface area contributed by atoms with Gasteiger partial charge in [-0.3, -0.25) is 9.69 Å². The average molecular weight is 494 g/mol. The molecule has 0 radical (unpaired) electrons. The molecule has 1 atom stereocenters. The number of carbonyl (C=O) groups is 1. The number of amides is 1. The molecular weight excluding hydrogens is 470 g/mol. The summed E-state index contributed by atoms with van der Waals surface area (Å²) in [5.74, 6) is -0.253. The largest absolute Gasteiger partial charge is 0.376 e. The summed E-state index contributed by atoms with van der Waals surface area (Å²) >= 11 is 7.61. The van der Waals surface area contributed by atoms with Gasteiger partial charge in [0, 0.05) is 31.3 Å². The molecular formula is C22H24ClN3O4S2. The van der Waals surface area contributed by atoms with Gasteiger partial charge in [-0.2, -0.15) is 0 Å². The molecule has 1 amide bonds. The number of carbonyl (C=O) groups excluding carboxylic acids is 1. The van der Waals surface area contributed by atoms with Crippen molar-refractivity contribution in [2.75, 3.05) is 32.1 Å². The number of halogens is 1. The predicted octanol–water partition coefficient (Wildman–Crippen LogP) is 4.33. The zero-order valence-electron chi connectivity index (χ0n) is 18.0. The van der Waals surface area contributed by atoms with Crippen LogP contribution in [-0.4, -0.2) is 57.0 Å². The third-order valence-corrected chi connectivity index (χ3v) is 8.48. The minimum absolute atomic E-state index is 0.0657.